The second kappa shape index (κ2) is 3.79. The molecule has 0 aliphatic rings. The van der Waals surface area contributed by atoms with Gasteiger partial charge >= 0.3 is 0 Å². The number of hydrogen-bond acceptors (Lipinski definition) is 7. The lowest BCUT2D eigenvalue weighted by molar-refractivity contribution is 0.877. The number of nitrogens with two attached hydrogens (primary N) is 2. The van der Waals surface area contributed by atoms with Gasteiger partial charge in [0, 0.05) is 0 Å². The molecule has 0 saturated heterocycles. The van der Waals surface area contributed by atoms with Crippen molar-refractivity contribution in [2.75, 3.05) is 10.9 Å². The zero-order chi connectivity index (χ0) is 8.97. The number of aromatic nitrogens is 3. The normalized spacial score (nSPS) is 9.58. The van der Waals surface area contributed by atoms with Gasteiger partial charge < -0.3 is 5.43 Å². The smallest absolute Gasteiger partial charge is 0.258 e. The van der Waals surface area contributed by atoms with Crippen LogP contribution in [0.4, 0.5) is 11.8 Å². The molecule has 0 radical (unpaired) electrons. The topological polar surface area (TPSA) is 115 Å². The highest BCUT2D eigenvalue weighted by Crippen LogP contribution is 2.08. The van der Waals surface area contributed by atoms with Crippen LogP contribution in [-0.2, 0) is 6.42 Å². The monoisotopic (exact) mass is 169 g/mol. The Kier molecular flexibility index (Phi) is 2.72. The molecule has 6 N–H and O–H groups in total. The van der Waals surface area contributed by atoms with E-state index in [-0.39, 0.29) is 5.95 Å². The number of anilines is 2. The van der Waals surface area contributed by atoms with Crippen molar-refractivity contribution < 1.29 is 0 Å². The molecule has 1 aromatic rings. The van der Waals surface area contributed by atoms with Crippen LogP contribution in [0.25, 0.3) is 0 Å². The molecule has 0 aliphatic carbocycles. The van der Waals surface area contributed by atoms with Gasteiger partial charge in [-0.2, -0.15) is 4.98 Å². The Hall–Kier alpha value is -1.47. The maximum Gasteiger partial charge on any atom is 0.258 e. The predicted octanol–water partition coefficient (Wildman–Crippen LogP) is -0.995. The summed E-state index contributed by atoms with van der Waals surface area (Å²) in [5.74, 6) is 11.0. The summed E-state index contributed by atoms with van der Waals surface area (Å²) < 4.78 is 0. The largest absolute Gasteiger partial charge is 0.307 e. The fourth-order valence-corrected chi connectivity index (χ4v) is 0.763. The second-order valence-corrected chi connectivity index (χ2v) is 2.07. The summed E-state index contributed by atoms with van der Waals surface area (Å²) in [6.07, 6.45) is 0.713. The van der Waals surface area contributed by atoms with Gasteiger partial charge in [0.25, 0.3) is 5.95 Å². The van der Waals surface area contributed by atoms with Crippen molar-refractivity contribution in [1.82, 2.24) is 15.2 Å². The number of aryl methyl sites for hydroxylation is 1. The predicted molar refractivity (Wildman–Crippen MR) is 44.8 cm³/mol. The minimum absolute atomic E-state index is 0.236. The van der Waals surface area contributed by atoms with Gasteiger partial charge in [-0.15, -0.1) is 10.2 Å². The number of nitrogen functional groups attached to an aromatic ring is 2. The van der Waals surface area contributed by atoms with Crippen LogP contribution in [0.3, 0.4) is 0 Å². The second-order valence-electron chi connectivity index (χ2n) is 2.07. The molecule has 0 atom stereocenters. The first-order valence-corrected chi connectivity index (χ1v) is 3.48. The number of rotatable bonds is 3. The molecule has 12 heavy (non-hydrogen) atoms. The fourth-order valence-electron chi connectivity index (χ4n) is 0.763. The third kappa shape index (κ3) is 1.57. The maximum atomic E-state index is 5.20. The molecule has 1 heterocycles. The summed E-state index contributed by atoms with van der Waals surface area (Å²) >= 11 is 0. The first-order chi connectivity index (χ1) is 5.81. The van der Waals surface area contributed by atoms with Gasteiger partial charge in [-0.25, -0.2) is 11.7 Å². The van der Waals surface area contributed by atoms with Gasteiger partial charge in [0.2, 0.25) is 0 Å². The third-order valence-electron chi connectivity index (χ3n) is 1.36. The minimum Gasteiger partial charge on any atom is -0.307 e. The van der Waals surface area contributed by atoms with Crippen molar-refractivity contribution in [3.63, 3.8) is 0 Å². The van der Waals surface area contributed by atoms with E-state index in [9.17, 15) is 0 Å². The van der Waals surface area contributed by atoms with E-state index in [0.717, 1.165) is 0 Å². The maximum absolute atomic E-state index is 5.20. The Morgan fingerprint density at radius 3 is 2.50 bits per heavy atom. The van der Waals surface area contributed by atoms with Crippen molar-refractivity contribution in [3.8, 4) is 0 Å². The Bertz CT molecular complexity index is 260. The summed E-state index contributed by atoms with van der Waals surface area (Å²) in [6.45, 7) is 1.93. The number of hydrazine groups is 2. The molecule has 0 fully saturated rings. The van der Waals surface area contributed by atoms with Crippen molar-refractivity contribution >= 4 is 11.8 Å². The molecule has 1 rings (SSSR count). The van der Waals surface area contributed by atoms with Crippen molar-refractivity contribution in [2.24, 2.45) is 11.7 Å². The van der Waals surface area contributed by atoms with E-state index in [1.54, 1.807) is 0 Å². The average Bonchev–Trinajstić information content (AvgIpc) is 2.16. The van der Waals surface area contributed by atoms with Gasteiger partial charge in [0.05, 0.1) is 0 Å². The average molecular weight is 169 g/mol. The third-order valence-corrected chi connectivity index (χ3v) is 1.36. The molecule has 0 spiro atoms. The molecule has 7 heteroatoms. The lowest BCUT2D eigenvalue weighted by atomic mass is 10.3. The highest BCUT2D eigenvalue weighted by atomic mass is 15.4. The Morgan fingerprint density at radius 1 is 1.25 bits per heavy atom. The summed E-state index contributed by atoms with van der Waals surface area (Å²) in [7, 11) is 0. The van der Waals surface area contributed by atoms with Crippen LogP contribution < -0.4 is 22.5 Å². The van der Waals surface area contributed by atoms with Crippen LogP contribution in [0.15, 0.2) is 0 Å². The molecule has 0 amide bonds. The zero-order valence-corrected chi connectivity index (χ0v) is 6.70. The molecule has 7 nitrogen and oxygen atoms in total. The first-order valence-electron chi connectivity index (χ1n) is 3.48. The molecular formula is C5H11N7. The van der Waals surface area contributed by atoms with Crippen LogP contribution in [0, 0.1) is 0 Å². The molecule has 0 aromatic carbocycles. The van der Waals surface area contributed by atoms with Gasteiger partial charge in [0.1, 0.15) is 5.69 Å². The van der Waals surface area contributed by atoms with Gasteiger partial charge in [-0.1, -0.05) is 6.92 Å². The van der Waals surface area contributed by atoms with Crippen molar-refractivity contribution in [3.05, 3.63) is 5.69 Å². The van der Waals surface area contributed by atoms with Crippen LogP contribution >= 0.6 is 0 Å². The van der Waals surface area contributed by atoms with Crippen LogP contribution in [0.1, 0.15) is 12.6 Å². The van der Waals surface area contributed by atoms with Gasteiger partial charge in [0.15, 0.2) is 5.82 Å². The van der Waals surface area contributed by atoms with E-state index in [1.165, 1.54) is 0 Å². The lowest BCUT2D eigenvalue weighted by Gasteiger charge is -2.04. The highest BCUT2D eigenvalue weighted by Gasteiger charge is 2.04. The van der Waals surface area contributed by atoms with Gasteiger partial charge in [-0.05, 0) is 6.42 Å². The quantitative estimate of drug-likeness (QED) is 0.339. The van der Waals surface area contributed by atoms with E-state index < -0.39 is 0 Å². The van der Waals surface area contributed by atoms with E-state index in [1.807, 2.05) is 6.92 Å². The van der Waals surface area contributed by atoms with E-state index in [2.05, 4.69) is 26.0 Å². The number of nitrogens with zero attached hydrogens (tertiary/aromatic N) is 3. The van der Waals surface area contributed by atoms with Crippen LogP contribution in [-0.4, -0.2) is 15.2 Å². The standard InChI is InChI=1S/C5H11N7/c1-2-3-4(9-6)8-5(10-7)12-11-3/h2,6-7H2,1H3,(H2,8,9,10,12). The molecule has 0 unspecified atom stereocenters. The van der Waals surface area contributed by atoms with E-state index >= 15 is 0 Å². The van der Waals surface area contributed by atoms with E-state index in [0.29, 0.717) is 17.9 Å². The molecule has 0 aliphatic heterocycles. The molecule has 0 saturated carbocycles. The Morgan fingerprint density at radius 2 is 2.00 bits per heavy atom. The molecule has 0 bridgehead atoms. The molecule has 1 aromatic heterocycles. The van der Waals surface area contributed by atoms with E-state index in [4.69, 9.17) is 11.7 Å². The Balaban J connectivity index is 3.02. The van der Waals surface area contributed by atoms with Crippen LogP contribution in [0.2, 0.25) is 0 Å². The first kappa shape index (κ1) is 8.62. The SMILES string of the molecule is CCc1nnc(NN)nc1NN. The summed E-state index contributed by atoms with van der Waals surface area (Å²) in [6, 6.07) is 0. The van der Waals surface area contributed by atoms with Gasteiger partial charge in [-0.3, -0.25) is 5.43 Å². The summed E-state index contributed by atoms with van der Waals surface area (Å²) in [5, 5.41) is 7.53. The highest BCUT2D eigenvalue weighted by molar-refractivity contribution is 5.41. The van der Waals surface area contributed by atoms with Crippen molar-refractivity contribution in [1.29, 1.82) is 0 Å². The lowest BCUT2D eigenvalue weighted by Crippen LogP contribution is -2.17. The Labute approximate surface area is 69.5 Å². The number of hydrogen-bond donors (Lipinski definition) is 4. The fraction of sp³-hybridized carbons (Fsp3) is 0.400. The van der Waals surface area contributed by atoms with Crippen LogP contribution in [0.5, 0.6) is 0 Å². The summed E-state index contributed by atoms with van der Waals surface area (Å²) in [5.41, 5.74) is 5.39. The molecular weight excluding hydrogens is 158 g/mol. The van der Waals surface area contributed by atoms with Crippen molar-refractivity contribution in [2.45, 2.75) is 13.3 Å². The number of nitrogens with one attached hydrogen (secondary N) is 2. The minimum atomic E-state index is 0.236. The molecule has 66 valence electrons. The zero-order valence-electron chi connectivity index (χ0n) is 6.70. The summed E-state index contributed by atoms with van der Waals surface area (Å²) in [4.78, 5) is 3.93.